The highest BCUT2D eigenvalue weighted by Gasteiger charge is 2.20. The van der Waals surface area contributed by atoms with Gasteiger partial charge in [0.05, 0.1) is 11.0 Å². The molecule has 0 saturated carbocycles. The Hall–Kier alpha value is -7.99. The Bertz CT molecular complexity index is 3550. The quantitative estimate of drug-likeness (QED) is 0.161. The van der Waals surface area contributed by atoms with Crippen LogP contribution in [0.15, 0.2) is 218 Å². The highest BCUT2D eigenvalue weighted by atomic mass is 32.1. The third kappa shape index (κ3) is 6.26. The summed E-state index contributed by atoms with van der Waals surface area (Å²) in [4.78, 5) is 15.4. The van der Waals surface area contributed by atoms with E-state index in [4.69, 9.17) is 15.0 Å². The molecule has 0 bridgehead atoms. The Morgan fingerprint density at radius 1 is 0.290 bits per heavy atom. The van der Waals surface area contributed by atoms with Crippen LogP contribution >= 0.6 is 11.3 Å². The molecule has 12 aromatic rings. The number of fused-ring (bicyclic) bond motifs is 7. The third-order valence-corrected chi connectivity index (χ3v) is 13.0. The number of rotatable bonds is 7. The average molecular weight is 809 g/mol. The molecule has 0 saturated heterocycles. The molecule has 3 heterocycles. The van der Waals surface area contributed by atoms with Gasteiger partial charge in [0, 0.05) is 53.3 Å². The Morgan fingerprint density at radius 2 is 0.774 bits per heavy atom. The lowest BCUT2D eigenvalue weighted by atomic mass is 9.96. The molecule has 0 atom stereocenters. The van der Waals surface area contributed by atoms with Crippen molar-refractivity contribution in [2.24, 2.45) is 0 Å². The van der Waals surface area contributed by atoms with Crippen LogP contribution < -0.4 is 0 Å². The molecule has 62 heavy (non-hydrogen) atoms. The molecule has 3 aromatic heterocycles. The summed E-state index contributed by atoms with van der Waals surface area (Å²) in [5.74, 6) is 1.88. The Kier molecular flexibility index (Phi) is 8.65. The van der Waals surface area contributed by atoms with Crippen LogP contribution in [0.5, 0.6) is 0 Å². The van der Waals surface area contributed by atoms with Crippen LogP contribution in [-0.4, -0.2) is 19.5 Å². The molecule has 9 aromatic carbocycles. The minimum absolute atomic E-state index is 0.613. The second-order valence-corrected chi connectivity index (χ2v) is 16.7. The molecule has 0 radical (unpaired) electrons. The normalized spacial score (nSPS) is 11.5. The van der Waals surface area contributed by atoms with Crippen LogP contribution in [0.1, 0.15) is 0 Å². The number of thiophene rings is 1. The molecule has 0 N–H and O–H groups in total. The summed E-state index contributed by atoms with van der Waals surface area (Å²) >= 11 is 1.86. The Morgan fingerprint density at radius 3 is 1.44 bits per heavy atom. The maximum absolute atomic E-state index is 5.21. The van der Waals surface area contributed by atoms with Gasteiger partial charge < -0.3 is 4.57 Å². The van der Waals surface area contributed by atoms with Crippen molar-refractivity contribution in [1.29, 1.82) is 0 Å². The van der Waals surface area contributed by atoms with Crippen molar-refractivity contribution in [1.82, 2.24) is 19.5 Å². The molecule has 0 amide bonds. The molecule has 12 rings (SSSR count). The number of nitrogens with zero attached hydrogens (tertiary/aromatic N) is 4. The van der Waals surface area contributed by atoms with Crippen LogP contribution in [0.25, 0.3) is 115 Å². The van der Waals surface area contributed by atoms with E-state index >= 15 is 0 Å². The van der Waals surface area contributed by atoms with Crippen molar-refractivity contribution in [3.63, 3.8) is 0 Å². The standard InChI is InChI=1S/C57H36N4S/c1-4-15-37(16-5-1)42-21-14-22-43(33-42)38-27-29-39(30-28-38)44-34-45(57-59-55(40-17-6-2-7-18-40)58-56(60-57)41-19-8-3-9-20-41)36-46(35-44)61-49-25-12-10-23-47(49)53-50(61)31-32-52-54(53)48-24-11-13-26-51(48)62-52/h1-36H. The molecule has 4 nitrogen and oxygen atoms in total. The van der Waals surface area contributed by atoms with Gasteiger partial charge in [0.15, 0.2) is 17.5 Å². The minimum atomic E-state index is 0.613. The summed E-state index contributed by atoms with van der Waals surface area (Å²) in [5, 5.41) is 5.08. The first-order valence-electron chi connectivity index (χ1n) is 20.8. The number of hydrogen-bond acceptors (Lipinski definition) is 4. The summed E-state index contributed by atoms with van der Waals surface area (Å²) in [5.41, 5.74) is 13.0. The van der Waals surface area contributed by atoms with Gasteiger partial charge in [-0.2, -0.15) is 0 Å². The maximum atomic E-state index is 5.21. The fourth-order valence-electron chi connectivity index (χ4n) is 8.89. The number of aromatic nitrogens is 4. The van der Waals surface area contributed by atoms with Crippen molar-refractivity contribution >= 4 is 53.3 Å². The van der Waals surface area contributed by atoms with E-state index in [1.165, 1.54) is 47.6 Å². The summed E-state index contributed by atoms with van der Waals surface area (Å²) in [6, 6.07) is 77.6. The van der Waals surface area contributed by atoms with Crippen LogP contribution in [0.4, 0.5) is 0 Å². The van der Waals surface area contributed by atoms with Crippen LogP contribution in [0, 0.1) is 0 Å². The van der Waals surface area contributed by atoms with Gasteiger partial charge in [-0.3, -0.25) is 0 Å². The van der Waals surface area contributed by atoms with Gasteiger partial charge in [-0.1, -0.05) is 170 Å². The van der Waals surface area contributed by atoms with E-state index in [9.17, 15) is 0 Å². The van der Waals surface area contributed by atoms with Gasteiger partial charge in [-0.05, 0) is 81.9 Å². The van der Waals surface area contributed by atoms with Crippen molar-refractivity contribution < 1.29 is 0 Å². The summed E-state index contributed by atoms with van der Waals surface area (Å²) in [6.45, 7) is 0. The van der Waals surface area contributed by atoms with Crippen molar-refractivity contribution in [2.45, 2.75) is 0 Å². The lowest BCUT2D eigenvalue weighted by molar-refractivity contribution is 1.07. The number of hydrogen-bond donors (Lipinski definition) is 0. The second kappa shape index (κ2) is 14.9. The fraction of sp³-hybridized carbons (Fsp3) is 0. The predicted molar refractivity (Wildman–Crippen MR) is 260 cm³/mol. The van der Waals surface area contributed by atoms with E-state index in [0.717, 1.165) is 50.1 Å². The highest BCUT2D eigenvalue weighted by Crippen LogP contribution is 2.44. The van der Waals surface area contributed by atoms with Gasteiger partial charge in [0.1, 0.15) is 0 Å². The molecule has 0 unspecified atom stereocenters. The zero-order chi connectivity index (χ0) is 41.0. The highest BCUT2D eigenvalue weighted by molar-refractivity contribution is 7.26. The molecule has 0 spiro atoms. The molecule has 0 aliphatic heterocycles. The summed E-state index contributed by atoms with van der Waals surface area (Å²) in [7, 11) is 0. The molecule has 290 valence electrons. The fourth-order valence-corrected chi connectivity index (χ4v) is 10.0. The first-order valence-corrected chi connectivity index (χ1v) is 21.7. The molecule has 5 heteroatoms. The molecule has 0 fully saturated rings. The Balaban J connectivity index is 1.08. The van der Waals surface area contributed by atoms with Crippen LogP contribution in [-0.2, 0) is 0 Å². The summed E-state index contributed by atoms with van der Waals surface area (Å²) < 4.78 is 5.01. The van der Waals surface area contributed by atoms with E-state index in [1.807, 2.05) is 47.7 Å². The first kappa shape index (κ1) is 35.9. The molecule has 0 aliphatic rings. The van der Waals surface area contributed by atoms with Crippen molar-refractivity contribution in [2.75, 3.05) is 0 Å². The molecular formula is C57H36N4S. The van der Waals surface area contributed by atoms with Crippen molar-refractivity contribution in [3.05, 3.63) is 218 Å². The number of benzene rings is 9. The first-order chi connectivity index (χ1) is 30.7. The largest absolute Gasteiger partial charge is 0.309 e. The van der Waals surface area contributed by atoms with E-state index in [-0.39, 0.29) is 0 Å². The molecular weight excluding hydrogens is 773 g/mol. The lowest BCUT2D eigenvalue weighted by Gasteiger charge is -2.15. The predicted octanol–water partition coefficient (Wildman–Crippen LogP) is 15.3. The third-order valence-electron chi connectivity index (χ3n) is 11.8. The maximum Gasteiger partial charge on any atom is 0.164 e. The second-order valence-electron chi connectivity index (χ2n) is 15.6. The average Bonchev–Trinajstić information content (AvgIpc) is 3.90. The van der Waals surface area contributed by atoms with E-state index in [2.05, 4.69) is 187 Å². The minimum Gasteiger partial charge on any atom is -0.309 e. The smallest absolute Gasteiger partial charge is 0.164 e. The van der Waals surface area contributed by atoms with Gasteiger partial charge >= 0.3 is 0 Å². The van der Waals surface area contributed by atoms with Gasteiger partial charge in [-0.25, -0.2) is 15.0 Å². The van der Waals surface area contributed by atoms with Gasteiger partial charge in [0.2, 0.25) is 0 Å². The molecule has 0 aliphatic carbocycles. The monoisotopic (exact) mass is 808 g/mol. The zero-order valence-corrected chi connectivity index (χ0v) is 34.3. The zero-order valence-electron chi connectivity index (χ0n) is 33.5. The van der Waals surface area contributed by atoms with E-state index in [0.29, 0.717) is 17.5 Å². The number of para-hydroxylation sites is 1. The lowest BCUT2D eigenvalue weighted by Crippen LogP contribution is -2.01. The van der Waals surface area contributed by atoms with Gasteiger partial charge in [0.25, 0.3) is 0 Å². The van der Waals surface area contributed by atoms with Crippen LogP contribution in [0.2, 0.25) is 0 Å². The van der Waals surface area contributed by atoms with Crippen LogP contribution in [0.3, 0.4) is 0 Å². The Labute approximate surface area is 362 Å². The summed E-state index contributed by atoms with van der Waals surface area (Å²) in [6.07, 6.45) is 0. The SMILES string of the molecule is c1ccc(-c2cccc(-c3ccc(-c4cc(-c5nc(-c6ccccc6)nc(-c6ccccc6)n5)cc(-n5c6ccccc6c6c7c(ccc65)sc5ccccc57)c4)cc3)c2)cc1. The van der Waals surface area contributed by atoms with E-state index in [1.54, 1.807) is 0 Å². The van der Waals surface area contributed by atoms with Gasteiger partial charge in [-0.15, -0.1) is 11.3 Å². The topological polar surface area (TPSA) is 43.6 Å². The van der Waals surface area contributed by atoms with E-state index < -0.39 is 0 Å². The van der Waals surface area contributed by atoms with Crippen molar-refractivity contribution in [3.8, 4) is 73.2 Å².